The lowest BCUT2D eigenvalue weighted by Gasteiger charge is -2.57. The molecule has 4 aliphatic carbocycles. The van der Waals surface area contributed by atoms with E-state index >= 15 is 0 Å². The number of hydrogen-bond donors (Lipinski definition) is 3. The van der Waals surface area contributed by atoms with Crippen LogP contribution in [0.15, 0.2) is 34.9 Å². The number of rotatable bonds is 5. The van der Waals surface area contributed by atoms with Crippen LogP contribution >= 0.6 is 0 Å². The van der Waals surface area contributed by atoms with Crippen molar-refractivity contribution in [3.63, 3.8) is 0 Å². The molecule has 4 rings (SSSR count). The van der Waals surface area contributed by atoms with Gasteiger partial charge in [-0.25, -0.2) is 0 Å². The molecule has 3 N–H and O–H groups in total. The molecule has 0 bridgehead atoms. The Hall–Kier alpha value is -0.900. The van der Waals surface area contributed by atoms with Gasteiger partial charge in [-0.1, -0.05) is 64.0 Å². The van der Waals surface area contributed by atoms with Gasteiger partial charge in [-0.3, -0.25) is 0 Å². The van der Waals surface area contributed by atoms with Gasteiger partial charge in [-0.05, 0) is 93.0 Å². The Morgan fingerprint density at radius 3 is 2.38 bits per heavy atom. The second-order valence-corrected chi connectivity index (χ2v) is 12.2. The summed E-state index contributed by atoms with van der Waals surface area (Å²) in [6.45, 7) is 13.6. The largest absolute Gasteiger partial charge is 0.389 e. The van der Waals surface area contributed by atoms with Crippen LogP contribution in [0.2, 0.25) is 0 Å². The van der Waals surface area contributed by atoms with Gasteiger partial charge in [0.15, 0.2) is 0 Å². The minimum atomic E-state index is -0.649. The summed E-state index contributed by atoms with van der Waals surface area (Å²) >= 11 is 0. The van der Waals surface area contributed by atoms with E-state index in [1.54, 1.807) is 0 Å². The molecule has 3 nitrogen and oxygen atoms in total. The summed E-state index contributed by atoms with van der Waals surface area (Å²) in [5, 5.41) is 33.4. The number of aliphatic hydroxyl groups excluding tert-OH is 2. The number of hydrogen-bond acceptors (Lipinski definition) is 3. The van der Waals surface area contributed by atoms with Crippen LogP contribution in [0, 0.1) is 34.5 Å². The van der Waals surface area contributed by atoms with Crippen LogP contribution in [0.1, 0.15) is 92.9 Å². The lowest BCUT2D eigenvalue weighted by molar-refractivity contribution is -0.122. The van der Waals surface area contributed by atoms with Crippen LogP contribution in [0.3, 0.4) is 0 Å². The van der Waals surface area contributed by atoms with Crippen LogP contribution in [-0.4, -0.2) is 33.1 Å². The first-order chi connectivity index (χ1) is 15.0. The normalized spacial score (nSPS) is 45.0. The lowest BCUT2D eigenvalue weighted by atomic mass is 9.48. The molecule has 0 amide bonds. The Balaban J connectivity index is 1.61. The minimum Gasteiger partial charge on any atom is -0.389 e. The summed E-state index contributed by atoms with van der Waals surface area (Å²) in [5.74, 6) is 1.60. The fourth-order valence-electron chi connectivity index (χ4n) is 8.32. The van der Waals surface area contributed by atoms with E-state index < -0.39 is 17.8 Å². The average Bonchev–Trinajstić information content (AvgIpc) is 3.02. The highest BCUT2D eigenvalue weighted by Gasteiger charge is 2.63. The Labute approximate surface area is 195 Å². The van der Waals surface area contributed by atoms with E-state index in [9.17, 15) is 15.3 Å². The Morgan fingerprint density at radius 1 is 1.03 bits per heavy atom. The van der Waals surface area contributed by atoms with Crippen molar-refractivity contribution >= 4 is 0 Å². The van der Waals surface area contributed by atoms with Crippen LogP contribution in [0.5, 0.6) is 0 Å². The van der Waals surface area contributed by atoms with E-state index in [1.165, 1.54) is 11.1 Å². The summed E-state index contributed by atoms with van der Waals surface area (Å²) in [6.07, 6.45) is 13.1. The average molecular weight is 443 g/mol. The predicted octanol–water partition coefficient (Wildman–Crippen LogP) is 5.95. The third-order valence-electron chi connectivity index (χ3n) is 10.6. The van der Waals surface area contributed by atoms with Crippen molar-refractivity contribution in [1.29, 1.82) is 0 Å². The van der Waals surface area contributed by atoms with E-state index in [4.69, 9.17) is 0 Å². The van der Waals surface area contributed by atoms with Crippen molar-refractivity contribution in [1.82, 2.24) is 0 Å². The van der Waals surface area contributed by atoms with Crippen molar-refractivity contribution in [2.75, 3.05) is 0 Å². The van der Waals surface area contributed by atoms with Gasteiger partial charge < -0.3 is 15.3 Å². The van der Waals surface area contributed by atoms with Gasteiger partial charge in [0.05, 0.1) is 17.8 Å². The SMILES string of the molecule is CC=C(CC[C@@H](C)[C@@]1(O)CC[C@H]2C3=CC(O)C4=CC(O)CC[C@]4(C)[C@H]3CC[C@@]21C)C(C)C. The summed E-state index contributed by atoms with van der Waals surface area (Å²) in [7, 11) is 0. The molecule has 2 unspecified atom stereocenters. The highest BCUT2D eigenvalue weighted by molar-refractivity contribution is 5.41. The Morgan fingerprint density at radius 2 is 1.72 bits per heavy atom. The maximum Gasteiger partial charge on any atom is 0.0941 e. The van der Waals surface area contributed by atoms with E-state index in [0.29, 0.717) is 17.8 Å². The van der Waals surface area contributed by atoms with Crippen LogP contribution in [0.25, 0.3) is 0 Å². The molecule has 180 valence electrons. The van der Waals surface area contributed by atoms with Gasteiger partial charge in [0.2, 0.25) is 0 Å². The molecule has 0 aromatic rings. The fraction of sp³-hybridized carbons (Fsp3) is 0.793. The second kappa shape index (κ2) is 8.40. The zero-order valence-electron chi connectivity index (χ0n) is 21.2. The van der Waals surface area contributed by atoms with Crippen molar-refractivity contribution in [2.45, 2.75) is 111 Å². The molecule has 0 heterocycles. The van der Waals surface area contributed by atoms with Gasteiger partial charge >= 0.3 is 0 Å². The first kappa shape index (κ1) is 24.2. The summed E-state index contributed by atoms with van der Waals surface area (Å²) < 4.78 is 0. The van der Waals surface area contributed by atoms with Gasteiger partial charge in [0.1, 0.15) is 0 Å². The summed E-state index contributed by atoms with van der Waals surface area (Å²) in [5.41, 5.74) is 3.09. The predicted molar refractivity (Wildman–Crippen MR) is 131 cm³/mol. The van der Waals surface area contributed by atoms with Crippen molar-refractivity contribution in [3.8, 4) is 0 Å². The first-order valence-electron chi connectivity index (χ1n) is 13.2. The standard InChI is InChI=1S/C29H46O3/c1-7-20(18(2)3)9-8-19(4)29(32)15-12-24-22-17-26(31)25-16-21(30)10-13-27(25,5)23(22)11-14-28(24,29)6/h7,16-19,21,23-24,26,30-32H,8-15H2,1-6H3/t19-,21?,23+,24+,26?,27-,28+,29+/m1/s1. The molecule has 32 heavy (non-hydrogen) atoms. The first-order valence-corrected chi connectivity index (χ1v) is 13.2. The molecule has 4 aliphatic rings. The zero-order chi connectivity index (χ0) is 23.5. The molecule has 0 radical (unpaired) electrons. The molecule has 3 heteroatoms. The highest BCUT2D eigenvalue weighted by atomic mass is 16.3. The molecule has 0 aromatic heterocycles. The zero-order valence-corrected chi connectivity index (χ0v) is 21.2. The highest BCUT2D eigenvalue weighted by Crippen LogP contribution is 2.67. The quantitative estimate of drug-likeness (QED) is 0.461. The molecular formula is C29H46O3. The topological polar surface area (TPSA) is 60.7 Å². The van der Waals surface area contributed by atoms with Gasteiger partial charge in [0.25, 0.3) is 0 Å². The van der Waals surface area contributed by atoms with Gasteiger partial charge in [-0.2, -0.15) is 0 Å². The van der Waals surface area contributed by atoms with Crippen molar-refractivity contribution in [2.24, 2.45) is 34.5 Å². The monoisotopic (exact) mass is 442 g/mol. The molecule has 0 aliphatic heterocycles. The summed E-state index contributed by atoms with van der Waals surface area (Å²) in [4.78, 5) is 0. The van der Waals surface area contributed by atoms with Gasteiger partial charge in [-0.15, -0.1) is 0 Å². The van der Waals surface area contributed by atoms with Crippen molar-refractivity contribution < 1.29 is 15.3 Å². The number of allylic oxidation sites excluding steroid dienone is 3. The number of fused-ring (bicyclic) bond motifs is 5. The van der Waals surface area contributed by atoms with Crippen LogP contribution in [0.4, 0.5) is 0 Å². The van der Waals surface area contributed by atoms with Crippen LogP contribution < -0.4 is 0 Å². The van der Waals surface area contributed by atoms with Crippen molar-refractivity contribution in [3.05, 3.63) is 34.9 Å². The molecule has 2 saturated carbocycles. The van der Waals surface area contributed by atoms with E-state index in [2.05, 4.69) is 53.7 Å². The Bertz CT molecular complexity index is 822. The molecular weight excluding hydrogens is 396 g/mol. The Kier molecular flexibility index (Phi) is 6.36. The third-order valence-corrected chi connectivity index (χ3v) is 10.6. The lowest BCUT2D eigenvalue weighted by Crippen LogP contribution is -2.55. The van der Waals surface area contributed by atoms with Crippen LogP contribution in [-0.2, 0) is 0 Å². The molecule has 2 fully saturated rings. The molecule has 0 aromatic carbocycles. The molecule has 0 saturated heterocycles. The van der Waals surface area contributed by atoms with E-state index in [1.807, 2.05) is 6.08 Å². The number of aliphatic hydroxyl groups is 3. The third kappa shape index (κ3) is 3.49. The van der Waals surface area contributed by atoms with E-state index in [-0.39, 0.29) is 16.7 Å². The summed E-state index contributed by atoms with van der Waals surface area (Å²) in [6, 6.07) is 0. The molecule has 0 spiro atoms. The fourth-order valence-corrected chi connectivity index (χ4v) is 8.32. The smallest absolute Gasteiger partial charge is 0.0941 e. The maximum atomic E-state index is 12.2. The van der Waals surface area contributed by atoms with Gasteiger partial charge in [0, 0.05) is 5.41 Å². The maximum absolute atomic E-state index is 12.2. The second-order valence-electron chi connectivity index (χ2n) is 12.2. The minimum absolute atomic E-state index is 0.0610. The molecule has 8 atom stereocenters. The van der Waals surface area contributed by atoms with E-state index in [0.717, 1.165) is 56.9 Å².